The van der Waals surface area contributed by atoms with Crippen LogP contribution in [0.2, 0.25) is 0 Å². The topological polar surface area (TPSA) is 84.0 Å². The van der Waals surface area contributed by atoms with Gasteiger partial charge in [0.15, 0.2) is 5.13 Å². The smallest absolute Gasteiger partial charge is 0.257 e. The molecule has 0 aliphatic carbocycles. The molecule has 144 valence electrons. The van der Waals surface area contributed by atoms with Gasteiger partial charge in [-0.1, -0.05) is 24.3 Å². The highest BCUT2D eigenvalue weighted by molar-refractivity contribution is 7.14. The van der Waals surface area contributed by atoms with E-state index in [9.17, 15) is 14.0 Å². The van der Waals surface area contributed by atoms with E-state index in [2.05, 4.69) is 20.6 Å². The van der Waals surface area contributed by atoms with Crippen molar-refractivity contribution in [3.05, 3.63) is 65.0 Å². The Kier molecular flexibility index (Phi) is 6.44. The molecule has 28 heavy (non-hydrogen) atoms. The van der Waals surface area contributed by atoms with Gasteiger partial charge >= 0.3 is 0 Å². The molecule has 0 unspecified atom stereocenters. The lowest BCUT2D eigenvalue weighted by Crippen LogP contribution is -2.21. The van der Waals surface area contributed by atoms with E-state index in [4.69, 9.17) is 0 Å². The molecule has 3 rings (SSSR count). The normalized spacial score (nSPS) is 10.5. The molecule has 3 aromatic rings. The van der Waals surface area contributed by atoms with Gasteiger partial charge in [0.05, 0.1) is 5.69 Å². The predicted octanol–water partition coefficient (Wildman–Crippen LogP) is 3.67. The molecule has 0 spiro atoms. The Balaban J connectivity index is 1.59. The summed E-state index contributed by atoms with van der Waals surface area (Å²) in [6, 6.07) is 10.5. The van der Waals surface area contributed by atoms with Crippen LogP contribution in [0.15, 0.2) is 48.0 Å². The van der Waals surface area contributed by atoms with Crippen molar-refractivity contribution in [2.24, 2.45) is 0 Å². The molecule has 2 aromatic heterocycles. The Hall–Kier alpha value is -3.13. The average molecular weight is 398 g/mol. The molecule has 6 nitrogen and oxygen atoms in total. The Labute approximate surface area is 165 Å². The van der Waals surface area contributed by atoms with Crippen LogP contribution in [0, 0.1) is 5.95 Å². The highest BCUT2D eigenvalue weighted by atomic mass is 32.1. The van der Waals surface area contributed by atoms with Crippen molar-refractivity contribution in [3.63, 3.8) is 0 Å². The minimum atomic E-state index is -0.704. The van der Waals surface area contributed by atoms with Gasteiger partial charge in [-0.3, -0.25) is 14.9 Å². The van der Waals surface area contributed by atoms with Crippen LogP contribution in [0.3, 0.4) is 0 Å². The number of hydrogen-bond donors (Lipinski definition) is 2. The Morgan fingerprint density at radius 1 is 1.18 bits per heavy atom. The molecular formula is C20H19FN4O2S. The molecular weight excluding hydrogens is 379 g/mol. The van der Waals surface area contributed by atoms with Gasteiger partial charge in [0.25, 0.3) is 5.91 Å². The monoisotopic (exact) mass is 398 g/mol. The van der Waals surface area contributed by atoms with E-state index in [-0.39, 0.29) is 11.5 Å². The fourth-order valence-electron chi connectivity index (χ4n) is 2.58. The summed E-state index contributed by atoms with van der Waals surface area (Å²) in [5, 5.41) is 7.75. The molecule has 0 fully saturated rings. The number of pyridine rings is 1. The maximum Gasteiger partial charge on any atom is 0.257 e. The lowest BCUT2D eigenvalue weighted by atomic mass is 10.1. The number of carbonyl (C=O) groups excluding carboxylic acids is 2. The molecule has 0 aliphatic heterocycles. The fraction of sp³-hybridized carbons (Fsp3) is 0.200. The second-order valence-electron chi connectivity index (χ2n) is 6.14. The maximum absolute atomic E-state index is 13.1. The van der Waals surface area contributed by atoms with Gasteiger partial charge in [0.2, 0.25) is 11.9 Å². The van der Waals surface area contributed by atoms with Crippen LogP contribution < -0.4 is 10.6 Å². The van der Waals surface area contributed by atoms with Gasteiger partial charge < -0.3 is 5.32 Å². The van der Waals surface area contributed by atoms with Gasteiger partial charge in [-0.25, -0.2) is 9.97 Å². The SMILES string of the molecule is CC(=O)NCCCc1ccc(-c2csc(NC(=O)c3ccnc(F)c3)n2)cc1. The van der Waals surface area contributed by atoms with Gasteiger partial charge in [-0.2, -0.15) is 4.39 Å². The number of rotatable bonds is 7. The number of halogens is 1. The predicted molar refractivity (Wildman–Crippen MR) is 107 cm³/mol. The van der Waals surface area contributed by atoms with Gasteiger partial charge in [0.1, 0.15) is 0 Å². The highest BCUT2D eigenvalue weighted by Gasteiger charge is 2.11. The average Bonchev–Trinajstić information content (AvgIpc) is 3.14. The van der Waals surface area contributed by atoms with E-state index in [0.29, 0.717) is 11.7 Å². The summed E-state index contributed by atoms with van der Waals surface area (Å²) in [4.78, 5) is 30.9. The summed E-state index contributed by atoms with van der Waals surface area (Å²) in [5.74, 6) is -1.16. The van der Waals surface area contributed by atoms with Crippen molar-refractivity contribution in [2.75, 3.05) is 11.9 Å². The number of nitrogens with zero attached hydrogens (tertiary/aromatic N) is 2. The molecule has 1 aromatic carbocycles. The van der Waals surface area contributed by atoms with Crippen molar-refractivity contribution in [3.8, 4) is 11.3 Å². The van der Waals surface area contributed by atoms with E-state index in [1.165, 1.54) is 36.1 Å². The number of aryl methyl sites for hydroxylation is 1. The Morgan fingerprint density at radius 2 is 1.96 bits per heavy atom. The van der Waals surface area contributed by atoms with E-state index < -0.39 is 11.9 Å². The number of benzene rings is 1. The van der Waals surface area contributed by atoms with Crippen LogP contribution in [0.25, 0.3) is 11.3 Å². The number of nitrogens with one attached hydrogen (secondary N) is 2. The maximum atomic E-state index is 13.1. The van der Waals surface area contributed by atoms with E-state index in [1.54, 1.807) is 0 Å². The number of thiazole rings is 1. The van der Waals surface area contributed by atoms with Crippen molar-refractivity contribution >= 4 is 28.3 Å². The van der Waals surface area contributed by atoms with Crippen molar-refractivity contribution in [1.29, 1.82) is 0 Å². The fourth-order valence-corrected chi connectivity index (χ4v) is 3.29. The lowest BCUT2D eigenvalue weighted by molar-refractivity contribution is -0.118. The van der Waals surface area contributed by atoms with Crippen LogP contribution in [0.1, 0.15) is 29.3 Å². The molecule has 0 bridgehead atoms. The van der Waals surface area contributed by atoms with Crippen LogP contribution in [-0.2, 0) is 11.2 Å². The standard InChI is InChI=1S/C20H19FN4O2S/c1-13(26)22-9-2-3-14-4-6-15(7-5-14)17-12-28-20(24-17)25-19(27)16-8-10-23-18(21)11-16/h4-8,10-12H,2-3,9H2,1H3,(H,22,26)(H,24,25,27). The van der Waals surface area contributed by atoms with Crippen LogP contribution in [0.5, 0.6) is 0 Å². The zero-order valence-electron chi connectivity index (χ0n) is 15.2. The number of hydrogen-bond acceptors (Lipinski definition) is 5. The zero-order chi connectivity index (χ0) is 19.9. The molecule has 0 aliphatic rings. The minimum absolute atomic E-state index is 0.0177. The molecule has 8 heteroatoms. The third-order valence-electron chi connectivity index (χ3n) is 3.98. The highest BCUT2D eigenvalue weighted by Crippen LogP contribution is 2.25. The van der Waals surface area contributed by atoms with Crippen LogP contribution in [0.4, 0.5) is 9.52 Å². The third-order valence-corrected chi connectivity index (χ3v) is 4.74. The van der Waals surface area contributed by atoms with E-state index in [0.717, 1.165) is 30.2 Å². The largest absolute Gasteiger partial charge is 0.356 e. The number of carbonyl (C=O) groups is 2. The van der Waals surface area contributed by atoms with Gasteiger partial charge in [0, 0.05) is 42.2 Å². The molecule has 2 heterocycles. The number of aromatic nitrogens is 2. The molecule has 2 amide bonds. The third kappa shape index (κ3) is 5.43. The second kappa shape index (κ2) is 9.18. The lowest BCUT2D eigenvalue weighted by Gasteiger charge is -2.04. The van der Waals surface area contributed by atoms with Crippen molar-refractivity contribution < 1.29 is 14.0 Å². The van der Waals surface area contributed by atoms with Gasteiger partial charge in [-0.05, 0) is 24.5 Å². The summed E-state index contributed by atoms with van der Waals surface area (Å²) in [7, 11) is 0. The minimum Gasteiger partial charge on any atom is -0.356 e. The summed E-state index contributed by atoms with van der Waals surface area (Å²) < 4.78 is 13.1. The summed E-state index contributed by atoms with van der Waals surface area (Å²) >= 11 is 1.30. The number of amides is 2. The first-order valence-electron chi connectivity index (χ1n) is 8.73. The second-order valence-corrected chi connectivity index (χ2v) is 7.00. The molecule has 2 N–H and O–H groups in total. The quantitative estimate of drug-likeness (QED) is 0.470. The van der Waals surface area contributed by atoms with Crippen LogP contribution in [-0.4, -0.2) is 28.3 Å². The van der Waals surface area contributed by atoms with Crippen molar-refractivity contribution in [2.45, 2.75) is 19.8 Å². The molecule has 0 radical (unpaired) electrons. The summed E-state index contributed by atoms with van der Waals surface area (Å²) in [6.07, 6.45) is 3.00. The Morgan fingerprint density at radius 3 is 2.68 bits per heavy atom. The zero-order valence-corrected chi connectivity index (χ0v) is 16.1. The first-order chi connectivity index (χ1) is 13.5. The first kappa shape index (κ1) is 19.6. The number of anilines is 1. The first-order valence-corrected chi connectivity index (χ1v) is 9.61. The van der Waals surface area contributed by atoms with Crippen LogP contribution >= 0.6 is 11.3 Å². The summed E-state index contributed by atoms with van der Waals surface area (Å²) in [5.41, 5.74) is 3.06. The van der Waals surface area contributed by atoms with E-state index >= 15 is 0 Å². The van der Waals surface area contributed by atoms with Crippen molar-refractivity contribution in [1.82, 2.24) is 15.3 Å². The summed E-state index contributed by atoms with van der Waals surface area (Å²) in [6.45, 7) is 2.17. The van der Waals surface area contributed by atoms with Gasteiger partial charge in [-0.15, -0.1) is 11.3 Å². The molecule has 0 saturated heterocycles. The molecule has 0 atom stereocenters. The molecule has 0 saturated carbocycles. The Bertz CT molecular complexity index is 972. The van der Waals surface area contributed by atoms with E-state index in [1.807, 2.05) is 29.6 Å².